The molecular formula is H7Al2Ba2Mg2O7+. The fraction of sp³-hybridized carbons (Fsp3) is 0. The van der Waals surface area contributed by atoms with E-state index in [1.54, 1.807) is 0 Å². The van der Waals surface area contributed by atoms with Crippen molar-refractivity contribution in [2.24, 2.45) is 0 Å². The first kappa shape index (κ1) is 189. The van der Waals surface area contributed by atoms with Crippen LogP contribution in [0.4, 0.5) is 0 Å². The summed E-state index contributed by atoms with van der Waals surface area (Å²) in [6.07, 6.45) is 0. The number of rotatable bonds is 0. The Hall–Kier alpha value is 5.46. The summed E-state index contributed by atoms with van der Waals surface area (Å²) < 4.78 is 0. The Kier molecular flexibility index (Phi) is 2300. The minimum absolute atomic E-state index is 0. The topological polar surface area (TPSA) is 210 Å². The average molecular weight is 496 g/mol. The molecule has 6 radical (unpaired) electrons. The summed E-state index contributed by atoms with van der Waals surface area (Å²) >= 11 is 0. The first-order chi connectivity index (χ1) is 0. The van der Waals surface area contributed by atoms with Crippen molar-refractivity contribution in [3.8, 4) is 0 Å². The summed E-state index contributed by atoms with van der Waals surface area (Å²) in [6, 6.07) is 0. The molecule has 13 heteroatoms. The van der Waals surface area contributed by atoms with Gasteiger partial charge in [-0.05, 0) is 0 Å². The molecule has 0 fully saturated rings. The fourth-order valence-electron chi connectivity index (χ4n) is 0. The quantitative estimate of drug-likeness (QED) is 0.308. The molecule has 0 saturated heterocycles. The molecule has 0 aromatic rings. The van der Waals surface area contributed by atoms with Gasteiger partial charge < -0.3 is 38.3 Å². The smallest absolute Gasteiger partial charge is 0.870 e. The summed E-state index contributed by atoms with van der Waals surface area (Å²) in [7, 11) is 0. The van der Waals surface area contributed by atoms with Crippen LogP contribution in [-0.4, -0.2) is 217 Å². The van der Waals surface area contributed by atoms with Gasteiger partial charge in [-0.25, -0.2) is 0 Å². The fourth-order valence-corrected chi connectivity index (χ4v) is 0. The van der Waals surface area contributed by atoms with Gasteiger partial charge in [-0.2, -0.15) is 0 Å². The molecule has 7 nitrogen and oxygen atoms in total. The maximum atomic E-state index is 0. The minimum atomic E-state index is 0. The van der Waals surface area contributed by atoms with Gasteiger partial charge in [-0.3, -0.25) is 0 Å². The molecule has 62 valence electrons. The van der Waals surface area contributed by atoms with Crippen molar-refractivity contribution in [3.05, 3.63) is 0 Å². The second kappa shape index (κ2) is 159. The molecule has 0 bridgehead atoms. The van der Waals surface area contributed by atoms with Crippen LogP contribution in [0.1, 0.15) is 0 Å². The van der Waals surface area contributed by atoms with Gasteiger partial charge in [-0.1, -0.05) is 0 Å². The zero-order chi connectivity index (χ0) is 0. The molecule has 0 amide bonds. The van der Waals surface area contributed by atoms with Gasteiger partial charge in [0.2, 0.25) is 0 Å². The van der Waals surface area contributed by atoms with Crippen LogP contribution in [0.2, 0.25) is 0 Å². The SMILES string of the molecule is [Al].[Al].[Ba+2].[Ba+2].[Mg+2].[Mg+2].[OH-].[OH-].[OH-].[OH-].[OH-].[OH-].[OH-]. The molecule has 0 aliphatic carbocycles. The van der Waals surface area contributed by atoms with E-state index in [2.05, 4.69) is 0 Å². The Bertz CT molecular complexity index is 22.5. The van der Waals surface area contributed by atoms with Gasteiger partial charge >= 0.3 is 144 Å². The first-order valence-corrected chi connectivity index (χ1v) is 0. The van der Waals surface area contributed by atoms with Crippen molar-refractivity contribution in [2.45, 2.75) is 0 Å². The van der Waals surface area contributed by atoms with E-state index in [9.17, 15) is 0 Å². The molecule has 13 heavy (non-hydrogen) atoms. The Labute approximate surface area is 211 Å². The van der Waals surface area contributed by atoms with Crippen molar-refractivity contribution in [3.63, 3.8) is 0 Å². The summed E-state index contributed by atoms with van der Waals surface area (Å²) in [5, 5.41) is 0. The Balaban J connectivity index is 0. The molecule has 0 rings (SSSR count). The average Bonchev–Trinajstić information content (AvgIpc) is 0. The van der Waals surface area contributed by atoms with E-state index in [1.165, 1.54) is 0 Å². The van der Waals surface area contributed by atoms with Crippen molar-refractivity contribution < 1.29 is 38.3 Å². The van der Waals surface area contributed by atoms with E-state index in [0.29, 0.717) is 0 Å². The van der Waals surface area contributed by atoms with Gasteiger partial charge in [0, 0.05) is 34.7 Å². The molecule has 0 aliphatic rings. The second-order valence-corrected chi connectivity index (χ2v) is 0. The second-order valence-electron chi connectivity index (χ2n) is 0. The van der Waals surface area contributed by atoms with Gasteiger partial charge in [0.05, 0.1) is 0 Å². The van der Waals surface area contributed by atoms with Gasteiger partial charge in [0.15, 0.2) is 0 Å². The molecule has 0 aliphatic heterocycles. The molecule has 0 aromatic carbocycles. The van der Waals surface area contributed by atoms with Crippen LogP contribution in [0.3, 0.4) is 0 Å². The van der Waals surface area contributed by atoms with E-state index >= 15 is 0 Å². The molecule has 0 spiro atoms. The van der Waals surface area contributed by atoms with E-state index in [4.69, 9.17) is 0 Å². The zero-order valence-electron chi connectivity index (χ0n) is 7.11. The summed E-state index contributed by atoms with van der Waals surface area (Å²) in [5.74, 6) is 0. The van der Waals surface area contributed by atoms with Crippen LogP contribution in [0, 0.1) is 0 Å². The van der Waals surface area contributed by atoms with Crippen molar-refractivity contribution in [1.82, 2.24) is 0 Å². The first-order valence-electron chi connectivity index (χ1n) is 0. The third-order valence-corrected chi connectivity index (χ3v) is 0. The minimum Gasteiger partial charge on any atom is -0.870 e. The number of hydrogen-bond acceptors (Lipinski definition) is 7. The molecule has 0 aromatic heterocycles. The van der Waals surface area contributed by atoms with Crippen LogP contribution in [0.15, 0.2) is 0 Å². The Morgan fingerprint density at radius 3 is 0.308 bits per heavy atom. The summed E-state index contributed by atoms with van der Waals surface area (Å²) in [6.45, 7) is 0. The third kappa shape index (κ3) is 140. The maximum Gasteiger partial charge on any atom is 2.00 e. The van der Waals surface area contributed by atoms with Crippen molar-refractivity contribution in [2.75, 3.05) is 0 Å². The molecule has 0 heterocycles. The van der Waals surface area contributed by atoms with E-state index < -0.39 is 0 Å². The predicted octanol–water partition coefficient (Wildman–Crippen LogP) is -3.52. The van der Waals surface area contributed by atoms with Crippen LogP contribution in [0.25, 0.3) is 0 Å². The molecule has 0 atom stereocenters. The van der Waals surface area contributed by atoms with Gasteiger partial charge in [0.1, 0.15) is 0 Å². The van der Waals surface area contributed by atoms with Gasteiger partial charge in [0.25, 0.3) is 0 Å². The summed E-state index contributed by atoms with van der Waals surface area (Å²) in [5.41, 5.74) is 0. The zero-order valence-corrected chi connectivity index (χ0v) is 21.1. The van der Waals surface area contributed by atoms with Gasteiger partial charge in [-0.15, -0.1) is 0 Å². The van der Waals surface area contributed by atoms with E-state index in [-0.39, 0.29) is 217 Å². The summed E-state index contributed by atoms with van der Waals surface area (Å²) in [4.78, 5) is 0. The third-order valence-electron chi connectivity index (χ3n) is 0. The Morgan fingerprint density at radius 2 is 0.308 bits per heavy atom. The molecule has 0 unspecified atom stereocenters. The van der Waals surface area contributed by atoms with Crippen LogP contribution in [-0.2, 0) is 0 Å². The van der Waals surface area contributed by atoms with Crippen LogP contribution < -0.4 is 0 Å². The molecule has 7 N–H and O–H groups in total. The standard InChI is InChI=1S/2Al.2Ba.2Mg.7H2O/h;;;;;;7*1H2/q;;4*+2;;;;;;;/p-7. The number of hydrogen-bond donors (Lipinski definition) is 0. The van der Waals surface area contributed by atoms with Crippen LogP contribution >= 0.6 is 0 Å². The molecule has 0 saturated carbocycles. The monoisotopic (exact) mass is 497 g/mol. The normalized spacial score (nSPS) is 0. The molecular weight excluding hydrogens is 489 g/mol. The van der Waals surface area contributed by atoms with Crippen LogP contribution in [0.5, 0.6) is 0 Å². The predicted molar refractivity (Wildman–Crippen MR) is 48.1 cm³/mol. The largest absolute Gasteiger partial charge is 2.00 e. The van der Waals surface area contributed by atoms with E-state index in [1.807, 2.05) is 0 Å². The van der Waals surface area contributed by atoms with E-state index in [0.717, 1.165) is 0 Å². The Morgan fingerprint density at radius 1 is 0.308 bits per heavy atom. The maximum absolute atomic E-state index is 0. The van der Waals surface area contributed by atoms with Crippen molar-refractivity contribution >= 4 is 179 Å². The van der Waals surface area contributed by atoms with Crippen molar-refractivity contribution in [1.29, 1.82) is 0 Å².